The summed E-state index contributed by atoms with van der Waals surface area (Å²) in [5.74, 6) is -0.518. The Kier molecular flexibility index (Phi) is 5.84. The summed E-state index contributed by atoms with van der Waals surface area (Å²) in [6.07, 6.45) is 1.71. The van der Waals surface area contributed by atoms with E-state index in [1.54, 1.807) is 31.4 Å². The molecule has 0 saturated carbocycles. The number of carbonyl (C=O) groups is 1. The van der Waals surface area contributed by atoms with Gasteiger partial charge in [-0.3, -0.25) is 4.79 Å². The van der Waals surface area contributed by atoms with Gasteiger partial charge in [0.1, 0.15) is 0 Å². The van der Waals surface area contributed by atoms with Gasteiger partial charge in [0.05, 0.1) is 5.92 Å². The minimum Gasteiger partial charge on any atom is -0.438 e. The molecule has 0 radical (unpaired) electrons. The van der Waals surface area contributed by atoms with Crippen molar-refractivity contribution in [3.63, 3.8) is 0 Å². The van der Waals surface area contributed by atoms with Gasteiger partial charge >= 0.3 is 5.97 Å². The number of hydrogen-bond acceptors (Lipinski definition) is 6. The molecule has 0 saturated heterocycles. The minimum atomic E-state index is -0.530. The summed E-state index contributed by atoms with van der Waals surface area (Å²) in [6, 6.07) is 0. The molecule has 0 spiro atoms. The Hall–Kier alpha value is 0.220. The summed E-state index contributed by atoms with van der Waals surface area (Å²) >= 11 is 0. The van der Waals surface area contributed by atoms with Crippen LogP contribution in [0.15, 0.2) is 10.3 Å². The number of hydrogen-bond donors (Lipinski definition) is 1. The molecule has 14 heavy (non-hydrogen) atoms. The number of aliphatic hydroxyl groups excluding tert-OH is 1. The van der Waals surface area contributed by atoms with Gasteiger partial charge in [-0.2, -0.15) is 0 Å². The molecule has 1 atom stereocenters. The highest BCUT2D eigenvalue weighted by Gasteiger charge is 2.26. The number of aliphatic hydroxyl groups is 1. The number of ether oxygens (including phenoxy) is 1. The summed E-state index contributed by atoms with van der Waals surface area (Å²) in [7, 11) is 4.86. The van der Waals surface area contributed by atoms with Crippen molar-refractivity contribution in [2.75, 3.05) is 6.79 Å². The Bertz CT molecular complexity index is 230. The normalized spacial score (nSPS) is 17.7. The van der Waals surface area contributed by atoms with Crippen LogP contribution in [0.4, 0.5) is 0 Å². The minimum absolute atomic E-state index is 0.195. The average molecular weight is 252 g/mol. The van der Waals surface area contributed by atoms with Gasteiger partial charge < -0.3 is 9.84 Å². The monoisotopic (exact) mass is 252 g/mol. The lowest BCUT2D eigenvalue weighted by molar-refractivity contribution is -0.155. The van der Waals surface area contributed by atoms with E-state index < -0.39 is 6.79 Å². The van der Waals surface area contributed by atoms with Crippen LogP contribution >= 0.6 is 31.4 Å². The zero-order chi connectivity index (χ0) is 10.4. The van der Waals surface area contributed by atoms with E-state index in [0.29, 0.717) is 0 Å². The predicted octanol–water partition coefficient (Wildman–Crippen LogP) is 2.78. The van der Waals surface area contributed by atoms with Gasteiger partial charge in [0, 0.05) is 4.91 Å². The Balaban J connectivity index is 2.57. The fourth-order valence-corrected chi connectivity index (χ4v) is 5.24. The fourth-order valence-electron chi connectivity index (χ4n) is 1.11. The molecule has 0 aromatic rings. The highest BCUT2D eigenvalue weighted by Crippen LogP contribution is 2.52. The lowest BCUT2D eigenvalue weighted by Crippen LogP contribution is -2.18. The Morgan fingerprint density at radius 1 is 1.71 bits per heavy atom. The first-order chi connectivity index (χ1) is 6.79. The van der Waals surface area contributed by atoms with Crippen molar-refractivity contribution in [3.05, 3.63) is 10.3 Å². The van der Waals surface area contributed by atoms with E-state index in [9.17, 15) is 4.79 Å². The van der Waals surface area contributed by atoms with Crippen molar-refractivity contribution in [1.29, 1.82) is 0 Å². The molecule has 1 N–H and O–H groups in total. The van der Waals surface area contributed by atoms with Gasteiger partial charge in [-0.15, -0.1) is 0 Å². The highest BCUT2D eigenvalue weighted by molar-refractivity contribution is 9.11. The third-order valence-corrected chi connectivity index (χ3v) is 5.61. The zero-order valence-electron chi connectivity index (χ0n) is 7.76. The second-order valence-electron chi connectivity index (χ2n) is 2.70. The first kappa shape index (κ1) is 12.3. The molecular weight excluding hydrogens is 240 g/mol. The van der Waals surface area contributed by atoms with Crippen LogP contribution in [-0.2, 0) is 9.53 Å². The maximum atomic E-state index is 11.5. The van der Waals surface area contributed by atoms with Gasteiger partial charge in [0.15, 0.2) is 6.79 Å². The van der Waals surface area contributed by atoms with Crippen molar-refractivity contribution in [1.82, 2.24) is 0 Å². The van der Waals surface area contributed by atoms with Crippen molar-refractivity contribution < 1.29 is 14.6 Å². The third-order valence-electron chi connectivity index (χ3n) is 1.75. The number of rotatable bonds is 5. The van der Waals surface area contributed by atoms with Crippen LogP contribution in [0.5, 0.6) is 0 Å². The topological polar surface area (TPSA) is 46.5 Å². The highest BCUT2D eigenvalue weighted by atomic mass is 33.5. The molecule has 0 amide bonds. The van der Waals surface area contributed by atoms with E-state index in [1.807, 2.05) is 12.3 Å². The summed E-state index contributed by atoms with van der Waals surface area (Å²) in [5.41, 5.74) is 0. The Morgan fingerprint density at radius 3 is 3.00 bits per heavy atom. The van der Waals surface area contributed by atoms with Crippen molar-refractivity contribution >= 4 is 37.4 Å². The molecule has 1 aliphatic rings. The van der Waals surface area contributed by atoms with Crippen LogP contribution in [0.25, 0.3) is 0 Å². The van der Waals surface area contributed by atoms with Crippen molar-refractivity contribution in [2.24, 2.45) is 5.92 Å². The van der Waals surface area contributed by atoms with Crippen LogP contribution < -0.4 is 0 Å². The first-order valence-electron chi connectivity index (χ1n) is 4.27. The lowest BCUT2D eigenvalue weighted by Gasteiger charge is -2.13. The van der Waals surface area contributed by atoms with E-state index in [1.165, 1.54) is 0 Å². The van der Waals surface area contributed by atoms with E-state index in [2.05, 4.69) is 4.74 Å². The van der Waals surface area contributed by atoms with Gasteiger partial charge in [-0.1, -0.05) is 24.1 Å². The molecule has 0 bridgehead atoms. The summed E-state index contributed by atoms with van der Waals surface area (Å²) in [4.78, 5) is 12.5. The Morgan fingerprint density at radius 2 is 2.50 bits per heavy atom. The number of carbonyl (C=O) groups excluding carboxylic acids is 1. The van der Waals surface area contributed by atoms with Crippen LogP contribution in [0.3, 0.4) is 0 Å². The van der Waals surface area contributed by atoms with Crippen molar-refractivity contribution in [2.45, 2.75) is 19.8 Å². The fraction of sp³-hybridized carbons (Fsp3) is 0.625. The quantitative estimate of drug-likeness (QED) is 0.461. The summed E-state index contributed by atoms with van der Waals surface area (Å²) in [5, 5.41) is 10.5. The molecule has 1 unspecified atom stereocenters. The molecule has 1 heterocycles. The molecule has 80 valence electrons. The maximum Gasteiger partial charge on any atom is 0.316 e. The molecular formula is C8H12O3S3. The molecule has 6 heteroatoms. The van der Waals surface area contributed by atoms with Crippen molar-refractivity contribution in [3.8, 4) is 0 Å². The van der Waals surface area contributed by atoms with E-state index >= 15 is 0 Å². The summed E-state index contributed by atoms with van der Waals surface area (Å²) in [6.45, 7) is 1.50. The molecule has 1 aliphatic heterocycles. The second kappa shape index (κ2) is 6.66. The molecule has 0 aromatic heterocycles. The maximum absolute atomic E-state index is 11.5. The Labute approximate surface area is 94.8 Å². The lowest BCUT2D eigenvalue weighted by atomic mass is 10.0. The van der Waals surface area contributed by atoms with Gasteiger partial charge in [-0.05, 0) is 32.4 Å². The smallest absolute Gasteiger partial charge is 0.316 e. The van der Waals surface area contributed by atoms with Crippen LogP contribution in [0.1, 0.15) is 19.8 Å². The average Bonchev–Trinajstić information content (AvgIpc) is 2.67. The molecule has 0 aromatic carbocycles. The van der Waals surface area contributed by atoms with Crippen LogP contribution in [0.2, 0.25) is 0 Å². The van der Waals surface area contributed by atoms with E-state index in [0.717, 1.165) is 17.7 Å². The largest absolute Gasteiger partial charge is 0.438 e. The SMILES string of the molecule is CCCC(C(=O)OCO)C1=CSSS1. The predicted molar refractivity (Wildman–Crippen MR) is 62.4 cm³/mol. The molecule has 0 fully saturated rings. The second-order valence-corrected chi connectivity index (χ2v) is 6.61. The van der Waals surface area contributed by atoms with Gasteiger partial charge in [0.2, 0.25) is 0 Å². The van der Waals surface area contributed by atoms with Gasteiger partial charge in [-0.25, -0.2) is 0 Å². The van der Waals surface area contributed by atoms with E-state index in [-0.39, 0.29) is 11.9 Å². The molecule has 3 nitrogen and oxygen atoms in total. The summed E-state index contributed by atoms with van der Waals surface area (Å²) < 4.78 is 4.61. The van der Waals surface area contributed by atoms with Crippen LogP contribution in [0, 0.1) is 5.92 Å². The van der Waals surface area contributed by atoms with Crippen LogP contribution in [-0.4, -0.2) is 17.9 Å². The third kappa shape index (κ3) is 3.42. The standard InChI is InChI=1S/C8H12O3S3/c1-2-3-6(8(10)11-5-9)7-4-12-14-13-7/h4,6,9H,2-3,5H2,1H3. The molecule has 0 aliphatic carbocycles. The number of esters is 1. The molecule has 1 rings (SSSR count). The zero-order valence-corrected chi connectivity index (χ0v) is 10.2. The van der Waals surface area contributed by atoms with Gasteiger partial charge in [0.25, 0.3) is 0 Å². The first-order valence-corrected chi connectivity index (χ1v) is 7.81. The van der Waals surface area contributed by atoms with E-state index in [4.69, 9.17) is 5.11 Å².